The molecule has 2 aromatic rings. The molecule has 0 radical (unpaired) electrons. The first-order valence-electron chi connectivity index (χ1n) is 6.81. The Labute approximate surface area is 129 Å². The summed E-state index contributed by atoms with van der Waals surface area (Å²) in [6.07, 6.45) is 0. The van der Waals surface area contributed by atoms with E-state index in [-0.39, 0.29) is 6.04 Å². The van der Waals surface area contributed by atoms with Crippen LogP contribution in [0.25, 0.3) is 0 Å². The number of hydrogen-bond acceptors (Lipinski definition) is 2. The van der Waals surface area contributed by atoms with Gasteiger partial charge >= 0.3 is 0 Å². The van der Waals surface area contributed by atoms with Gasteiger partial charge in [-0.25, -0.2) is 0 Å². The molecule has 2 nitrogen and oxygen atoms in total. The molecule has 0 heterocycles. The molecule has 106 valence electrons. The van der Waals surface area contributed by atoms with Crippen molar-refractivity contribution >= 4 is 21.6 Å². The molecule has 0 aliphatic heterocycles. The van der Waals surface area contributed by atoms with Crippen LogP contribution in [0.3, 0.4) is 0 Å². The van der Waals surface area contributed by atoms with Crippen molar-refractivity contribution in [3.05, 3.63) is 63.1 Å². The van der Waals surface area contributed by atoms with Gasteiger partial charge in [0.25, 0.3) is 0 Å². The SMILES string of the molecule is Cc1ccc(Br)c(NC(CN)c2cc(C)ccc2C)c1. The first kappa shape index (κ1) is 15.1. The number of nitrogens with one attached hydrogen (secondary N) is 1. The third-order valence-electron chi connectivity index (χ3n) is 3.50. The van der Waals surface area contributed by atoms with E-state index >= 15 is 0 Å². The summed E-state index contributed by atoms with van der Waals surface area (Å²) in [6, 6.07) is 12.9. The molecule has 0 aromatic heterocycles. The summed E-state index contributed by atoms with van der Waals surface area (Å²) in [5.74, 6) is 0. The van der Waals surface area contributed by atoms with Gasteiger partial charge in [0, 0.05) is 16.7 Å². The Hall–Kier alpha value is -1.32. The summed E-state index contributed by atoms with van der Waals surface area (Å²) in [6.45, 7) is 6.89. The van der Waals surface area contributed by atoms with Crippen LogP contribution in [0.5, 0.6) is 0 Å². The van der Waals surface area contributed by atoms with Gasteiger partial charge in [-0.2, -0.15) is 0 Å². The maximum absolute atomic E-state index is 5.98. The second-order valence-electron chi connectivity index (χ2n) is 5.28. The second-order valence-corrected chi connectivity index (χ2v) is 6.13. The van der Waals surface area contributed by atoms with Crippen LogP contribution < -0.4 is 11.1 Å². The molecule has 0 fully saturated rings. The Bertz CT molecular complexity index is 608. The fourth-order valence-corrected chi connectivity index (χ4v) is 2.70. The summed E-state index contributed by atoms with van der Waals surface area (Å²) < 4.78 is 1.06. The first-order chi connectivity index (χ1) is 9.51. The van der Waals surface area contributed by atoms with Gasteiger partial charge in [0.2, 0.25) is 0 Å². The molecule has 3 heteroatoms. The monoisotopic (exact) mass is 332 g/mol. The Morgan fingerprint density at radius 3 is 2.40 bits per heavy atom. The Morgan fingerprint density at radius 1 is 1.05 bits per heavy atom. The van der Waals surface area contributed by atoms with E-state index in [0.717, 1.165) is 10.2 Å². The summed E-state index contributed by atoms with van der Waals surface area (Å²) in [7, 11) is 0. The number of rotatable bonds is 4. The molecule has 0 amide bonds. The van der Waals surface area contributed by atoms with E-state index in [0.29, 0.717) is 6.54 Å². The summed E-state index contributed by atoms with van der Waals surface area (Å²) in [5.41, 5.74) is 12.1. The quantitative estimate of drug-likeness (QED) is 0.865. The average Bonchev–Trinajstić information content (AvgIpc) is 2.42. The second kappa shape index (κ2) is 6.42. The Balaban J connectivity index is 2.33. The number of aryl methyl sites for hydroxylation is 3. The van der Waals surface area contributed by atoms with Crippen LogP contribution in [0.2, 0.25) is 0 Å². The van der Waals surface area contributed by atoms with E-state index in [1.165, 1.54) is 22.3 Å². The molecule has 2 rings (SSSR count). The molecule has 0 aliphatic rings. The normalized spacial score (nSPS) is 12.2. The van der Waals surface area contributed by atoms with E-state index in [1.54, 1.807) is 0 Å². The first-order valence-corrected chi connectivity index (χ1v) is 7.60. The topological polar surface area (TPSA) is 38.0 Å². The highest BCUT2D eigenvalue weighted by atomic mass is 79.9. The summed E-state index contributed by atoms with van der Waals surface area (Å²) in [4.78, 5) is 0. The van der Waals surface area contributed by atoms with Crippen LogP contribution in [0, 0.1) is 20.8 Å². The number of hydrogen-bond donors (Lipinski definition) is 2. The van der Waals surface area contributed by atoms with Crippen molar-refractivity contribution in [2.24, 2.45) is 5.73 Å². The van der Waals surface area contributed by atoms with E-state index < -0.39 is 0 Å². The zero-order valence-electron chi connectivity index (χ0n) is 12.2. The van der Waals surface area contributed by atoms with Crippen molar-refractivity contribution < 1.29 is 0 Å². The van der Waals surface area contributed by atoms with Crippen LogP contribution in [-0.2, 0) is 0 Å². The average molecular weight is 333 g/mol. The smallest absolute Gasteiger partial charge is 0.0639 e. The van der Waals surface area contributed by atoms with Gasteiger partial charge < -0.3 is 11.1 Å². The van der Waals surface area contributed by atoms with Crippen molar-refractivity contribution in [2.45, 2.75) is 26.8 Å². The van der Waals surface area contributed by atoms with Crippen LogP contribution in [0.1, 0.15) is 28.3 Å². The number of anilines is 1. The van der Waals surface area contributed by atoms with Crippen LogP contribution in [0.4, 0.5) is 5.69 Å². The lowest BCUT2D eigenvalue weighted by atomic mass is 9.98. The molecule has 0 saturated heterocycles. The van der Waals surface area contributed by atoms with Crippen LogP contribution in [0.15, 0.2) is 40.9 Å². The zero-order chi connectivity index (χ0) is 14.7. The van der Waals surface area contributed by atoms with Gasteiger partial charge in [0.05, 0.1) is 6.04 Å². The highest BCUT2D eigenvalue weighted by molar-refractivity contribution is 9.10. The lowest BCUT2D eigenvalue weighted by molar-refractivity contribution is 0.781. The third kappa shape index (κ3) is 3.41. The predicted octanol–water partition coefficient (Wildman–Crippen LogP) is 4.49. The van der Waals surface area contributed by atoms with Crippen molar-refractivity contribution in [1.29, 1.82) is 0 Å². The van der Waals surface area contributed by atoms with Gasteiger partial charge in [-0.05, 0) is 65.5 Å². The van der Waals surface area contributed by atoms with E-state index in [2.05, 4.69) is 78.4 Å². The van der Waals surface area contributed by atoms with Crippen LogP contribution >= 0.6 is 15.9 Å². The number of benzene rings is 2. The maximum atomic E-state index is 5.98. The molecular weight excluding hydrogens is 312 g/mol. The molecule has 0 aliphatic carbocycles. The minimum absolute atomic E-state index is 0.119. The molecule has 2 aromatic carbocycles. The van der Waals surface area contributed by atoms with E-state index in [4.69, 9.17) is 5.73 Å². The number of nitrogens with two attached hydrogens (primary N) is 1. The molecule has 0 saturated carbocycles. The van der Waals surface area contributed by atoms with Gasteiger partial charge in [-0.15, -0.1) is 0 Å². The Kier molecular flexibility index (Phi) is 4.84. The largest absolute Gasteiger partial charge is 0.376 e. The standard InChI is InChI=1S/C17H21BrN2/c1-11-4-6-13(3)14(8-11)17(10-19)20-16-9-12(2)5-7-15(16)18/h4-9,17,20H,10,19H2,1-3H3. The van der Waals surface area contributed by atoms with E-state index in [9.17, 15) is 0 Å². The van der Waals surface area contributed by atoms with Crippen molar-refractivity contribution in [2.75, 3.05) is 11.9 Å². The minimum Gasteiger partial charge on any atom is -0.376 e. The van der Waals surface area contributed by atoms with Gasteiger partial charge in [-0.3, -0.25) is 0 Å². The fourth-order valence-electron chi connectivity index (χ4n) is 2.34. The fraction of sp³-hybridized carbons (Fsp3) is 0.294. The molecule has 0 bridgehead atoms. The molecule has 1 unspecified atom stereocenters. The Morgan fingerprint density at radius 2 is 1.70 bits per heavy atom. The minimum atomic E-state index is 0.119. The van der Waals surface area contributed by atoms with Crippen molar-refractivity contribution in [1.82, 2.24) is 0 Å². The van der Waals surface area contributed by atoms with Gasteiger partial charge in [0.1, 0.15) is 0 Å². The maximum Gasteiger partial charge on any atom is 0.0639 e. The zero-order valence-corrected chi connectivity index (χ0v) is 13.8. The highest BCUT2D eigenvalue weighted by Crippen LogP contribution is 2.28. The molecule has 3 N–H and O–H groups in total. The number of halogens is 1. The highest BCUT2D eigenvalue weighted by Gasteiger charge is 2.13. The summed E-state index contributed by atoms with van der Waals surface area (Å²) >= 11 is 3.59. The summed E-state index contributed by atoms with van der Waals surface area (Å²) in [5, 5.41) is 3.55. The lowest BCUT2D eigenvalue weighted by Crippen LogP contribution is -2.21. The van der Waals surface area contributed by atoms with Crippen molar-refractivity contribution in [3.8, 4) is 0 Å². The van der Waals surface area contributed by atoms with E-state index in [1.807, 2.05) is 0 Å². The van der Waals surface area contributed by atoms with Crippen molar-refractivity contribution in [3.63, 3.8) is 0 Å². The van der Waals surface area contributed by atoms with Gasteiger partial charge in [0.15, 0.2) is 0 Å². The molecule has 0 spiro atoms. The molecule has 1 atom stereocenters. The van der Waals surface area contributed by atoms with Gasteiger partial charge in [-0.1, -0.05) is 29.8 Å². The third-order valence-corrected chi connectivity index (χ3v) is 4.19. The molecular formula is C17H21BrN2. The predicted molar refractivity (Wildman–Crippen MR) is 90.2 cm³/mol. The molecule has 20 heavy (non-hydrogen) atoms. The van der Waals surface area contributed by atoms with Crippen LogP contribution in [-0.4, -0.2) is 6.54 Å². The lowest BCUT2D eigenvalue weighted by Gasteiger charge is -2.22.